The molecule has 0 unspecified atom stereocenters. The molecule has 0 aromatic heterocycles. The molecule has 1 atom stereocenters. The number of fused-ring (bicyclic) bond motifs is 2. The number of methoxy groups -OCH3 is 1. The molecule has 2 N–H and O–H groups in total. The number of carbonyl (C=O) groups excluding carboxylic acids is 3. The predicted octanol–water partition coefficient (Wildman–Crippen LogP) is 5.06. The van der Waals surface area contributed by atoms with Gasteiger partial charge < -0.3 is 24.8 Å². The fourth-order valence-corrected chi connectivity index (χ4v) is 6.96. The van der Waals surface area contributed by atoms with Crippen LogP contribution in [0.1, 0.15) is 68.9 Å². The van der Waals surface area contributed by atoms with Crippen molar-refractivity contribution in [1.29, 1.82) is 5.26 Å². The summed E-state index contributed by atoms with van der Waals surface area (Å²) in [6.45, 7) is 9.59. The van der Waals surface area contributed by atoms with Gasteiger partial charge in [0, 0.05) is 24.0 Å². The van der Waals surface area contributed by atoms with Gasteiger partial charge in [-0.25, -0.2) is 4.79 Å². The van der Waals surface area contributed by atoms with Crippen molar-refractivity contribution >= 4 is 28.9 Å². The summed E-state index contributed by atoms with van der Waals surface area (Å²) in [4.78, 5) is 43.8. The number of hydrogen-bond acceptors (Lipinski definition) is 8. The summed E-state index contributed by atoms with van der Waals surface area (Å²) in [5.74, 6) is -0.861. The molecule has 2 aromatic carbocycles. The second-order valence-corrected chi connectivity index (χ2v) is 12.5. The lowest BCUT2D eigenvalue weighted by Gasteiger charge is -2.43. The summed E-state index contributed by atoms with van der Waals surface area (Å²) in [5.41, 5.74) is 5.87. The topological polar surface area (TPSA) is 132 Å². The van der Waals surface area contributed by atoms with E-state index in [2.05, 4.69) is 6.07 Å². The third-order valence-corrected chi connectivity index (χ3v) is 8.52. The van der Waals surface area contributed by atoms with E-state index in [1.807, 2.05) is 40.7 Å². The molecule has 42 heavy (non-hydrogen) atoms. The summed E-state index contributed by atoms with van der Waals surface area (Å²) in [7, 11) is 1.46. The zero-order chi connectivity index (χ0) is 30.4. The van der Waals surface area contributed by atoms with Crippen LogP contribution in [0.5, 0.6) is 11.5 Å². The molecule has 0 fully saturated rings. The highest BCUT2D eigenvalue weighted by molar-refractivity contribution is 6.22. The van der Waals surface area contributed by atoms with E-state index in [1.54, 1.807) is 41.3 Å². The maximum atomic E-state index is 14.9. The maximum absolute atomic E-state index is 14.9. The van der Waals surface area contributed by atoms with Gasteiger partial charge in [0.05, 0.1) is 23.9 Å². The van der Waals surface area contributed by atoms with Crippen molar-refractivity contribution in [2.24, 2.45) is 11.1 Å². The van der Waals surface area contributed by atoms with Crippen molar-refractivity contribution in [3.8, 4) is 17.6 Å². The van der Waals surface area contributed by atoms with E-state index in [-0.39, 0.29) is 46.3 Å². The molecule has 0 saturated carbocycles. The first-order valence-electron chi connectivity index (χ1n) is 13.7. The van der Waals surface area contributed by atoms with Crippen molar-refractivity contribution in [3.05, 3.63) is 82.0 Å². The first-order chi connectivity index (χ1) is 19.8. The Morgan fingerprint density at radius 1 is 1.12 bits per heavy atom. The van der Waals surface area contributed by atoms with Gasteiger partial charge in [0.1, 0.15) is 39.9 Å². The van der Waals surface area contributed by atoms with Crippen LogP contribution in [0.3, 0.4) is 0 Å². The number of carbonyl (C=O) groups is 3. The molecule has 3 aliphatic heterocycles. The van der Waals surface area contributed by atoms with Gasteiger partial charge >= 0.3 is 5.97 Å². The third kappa shape index (κ3) is 3.57. The summed E-state index contributed by atoms with van der Waals surface area (Å²) in [6.07, 6.45) is 2.46. The highest BCUT2D eigenvalue weighted by atomic mass is 16.5. The SMILES string of the molecule is COc1ccccc1C(=O)Oc1cc2c3c(c1)[C@@]1(C(=O)N3C(C)(C)C=C2C)C(C#N)=C(N)OC2=C1C(=O)CC(C)(C)C2. The van der Waals surface area contributed by atoms with Crippen molar-refractivity contribution in [3.63, 3.8) is 0 Å². The molecular weight excluding hydrogens is 534 g/mol. The fraction of sp³-hybridized carbons (Fsp3) is 0.333. The molecule has 9 heteroatoms. The van der Waals surface area contributed by atoms with Crippen LogP contribution in [-0.2, 0) is 19.7 Å². The minimum Gasteiger partial charge on any atom is -0.496 e. The Kier molecular flexibility index (Phi) is 5.75. The van der Waals surface area contributed by atoms with Gasteiger partial charge in [-0.05, 0) is 56.0 Å². The molecule has 0 radical (unpaired) electrons. The molecule has 6 rings (SSSR count). The van der Waals surface area contributed by atoms with E-state index >= 15 is 0 Å². The van der Waals surface area contributed by atoms with Crippen molar-refractivity contribution in [2.75, 3.05) is 12.0 Å². The molecule has 0 bridgehead atoms. The Morgan fingerprint density at radius 3 is 2.52 bits per heavy atom. The van der Waals surface area contributed by atoms with E-state index in [0.29, 0.717) is 29.0 Å². The molecule has 214 valence electrons. The number of Topliss-reactive ketones (excluding diaryl/α,β-unsaturated/α-hetero) is 1. The number of rotatable bonds is 3. The number of allylic oxidation sites excluding steroid dienone is 2. The van der Waals surface area contributed by atoms with E-state index in [9.17, 15) is 19.6 Å². The maximum Gasteiger partial charge on any atom is 0.347 e. The number of benzene rings is 2. The molecule has 9 nitrogen and oxygen atoms in total. The number of hydrogen-bond donors (Lipinski definition) is 1. The monoisotopic (exact) mass is 565 g/mol. The van der Waals surface area contributed by atoms with Gasteiger partial charge in [0.25, 0.3) is 0 Å². The predicted molar refractivity (Wildman–Crippen MR) is 154 cm³/mol. The summed E-state index contributed by atoms with van der Waals surface area (Å²) in [6, 6.07) is 12.1. The summed E-state index contributed by atoms with van der Waals surface area (Å²) < 4.78 is 17.2. The second-order valence-electron chi connectivity index (χ2n) is 12.5. The van der Waals surface area contributed by atoms with E-state index < -0.39 is 28.2 Å². The van der Waals surface area contributed by atoms with Gasteiger partial charge in [-0.1, -0.05) is 32.1 Å². The number of ketones is 1. The average Bonchev–Trinajstić information content (AvgIpc) is 3.15. The lowest BCUT2D eigenvalue weighted by atomic mass is 9.62. The lowest BCUT2D eigenvalue weighted by Crippen LogP contribution is -2.55. The molecule has 4 aliphatic rings. The molecule has 1 spiro atoms. The van der Waals surface area contributed by atoms with Crippen LogP contribution < -0.4 is 20.1 Å². The van der Waals surface area contributed by atoms with Gasteiger partial charge in [-0.15, -0.1) is 0 Å². The average molecular weight is 566 g/mol. The number of para-hydroxylation sites is 1. The minimum absolute atomic E-state index is 0.121. The van der Waals surface area contributed by atoms with Crippen molar-refractivity contribution in [2.45, 2.75) is 58.4 Å². The van der Waals surface area contributed by atoms with Gasteiger partial charge in [0.15, 0.2) is 5.78 Å². The molecule has 2 aromatic rings. The van der Waals surface area contributed by atoms with E-state index in [0.717, 1.165) is 5.57 Å². The van der Waals surface area contributed by atoms with Gasteiger partial charge in [0.2, 0.25) is 11.8 Å². The number of nitriles is 1. The Labute approximate surface area is 243 Å². The molecular formula is C33H31N3O6. The minimum atomic E-state index is -1.85. The van der Waals surface area contributed by atoms with Crippen LogP contribution >= 0.6 is 0 Å². The van der Waals surface area contributed by atoms with Gasteiger partial charge in [-0.3, -0.25) is 9.59 Å². The number of nitrogens with zero attached hydrogens (tertiary/aromatic N) is 2. The van der Waals surface area contributed by atoms with E-state index in [4.69, 9.17) is 19.9 Å². The Bertz CT molecular complexity index is 1770. The fourth-order valence-electron chi connectivity index (χ4n) is 6.96. The number of nitrogens with two attached hydrogens (primary N) is 1. The van der Waals surface area contributed by atoms with E-state index in [1.165, 1.54) is 7.11 Å². The van der Waals surface area contributed by atoms with Crippen molar-refractivity contribution in [1.82, 2.24) is 0 Å². The second kappa shape index (κ2) is 8.83. The first-order valence-corrected chi connectivity index (χ1v) is 13.7. The molecule has 0 saturated heterocycles. The van der Waals surface area contributed by atoms with Crippen LogP contribution in [0, 0.1) is 16.7 Å². The third-order valence-electron chi connectivity index (χ3n) is 8.52. The van der Waals surface area contributed by atoms with Crippen LogP contribution in [0.4, 0.5) is 5.69 Å². The molecule has 1 aliphatic carbocycles. The van der Waals surface area contributed by atoms with Crippen LogP contribution in [0.2, 0.25) is 0 Å². The quantitative estimate of drug-likeness (QED) is 0.403. The van der Waals surface area contributed by atoms with Crippen LogP contribution in [0.15, 0.2) is 65.3 Å². The summed E-state index contributed by atoms with van der Waals surface area (Å²) >= 11 is 0. The summed E-state index contributed by atoms with van der Waals surface area (Å²) in [5, 5.41) is 10.5. The number of ether oxygens (including phenoxy) is 3. The zero-order valence-corrected chi connectivity index (χ0v) is 24.4. The Morgan fingerprint density at radius 2 is 1.83 bits per heavy atom. The normalized spacial score (nSPS) is 23.2. The highest BCUT2D eigenvalue weighted by Crippen LogP contribution is 2.61. The zero-order valence-electron chi connectivity index (χ0n) is 24.4. The lowest BCUT2D eigenvalue weighted by molar-refractivity contribution is -0.126. The standard InChI is InChI=1S/C33H31N3O6/c1-17-13-32(4,5)36-27-20(17)11-18(41-29(38)19-9-7-8-10-24(19)40-6)12-21(27)33(30(36)39)22(16-34)28(35)42-25-15-31(2,3)14-23(37)26(25)33/h7-13H,14-15,35H2,1-6H3/t33-/m1/s1. The number of anilines is 1. The van der Waals surface area contributed by atoms with Crippen LogP contribution in [0.25, 0.3) is 5.57 Å². The molecule has 3 heterocycles. The smallest absolute Gasteiger partial charge is 0.347 e. The first kappa shape index (κ1) is 27.3. The highest BCUT2D eigenvalue weighted by Gasteiger charge is 2.65. The largest absolute Gasteiger partial charge is 0.496 e. The number of amides is 1. The number of esters is 1. The molecule has 1 amide bonds. The Balaban J connectivity index is 1.65. The van der Waals surface area contributed by atoms with Gasteiger partial charge in [-0.2, -0.15) is 5.26 Å². The van der Waals surface area contributed by atoms with Crippen molar-refractivity contribution < 1.29 is 28.6 Å². The Hall–Kier alpha value is -4.84. The van der Waals surface area contributed by atoms with Crippen LogP contribution in [-0.4, -0.2) is 30.3 Å².